The summed E-state index contributed by atoms with van der Waals surface area (Å²) < 4.78 is 2.48. The fraction of sp³-hybridized carbons (Fsp3) is 0.393. The molecule has 2 heterocycles. The van der Waals surface area contributed by atoms with Gasteiger partial charge in [0.05, 0.1) is 5.56 Å². The summed E-state index contributed by atoms with van der Waals surface area (Å²) in [6, 6.07) is 9.12. The van der Waals surface area contributed by atoms with Gasteiger partial charge in [-0.15, -0.1) is 0 Å². The van der Waals surface area contributed by atoms with Crippen molar-refractivity contribution in [1.29, 1.82) is 0 Å². The van der Waals surface area contributed by atoms with E-state index < -0.39 is 0 Å². The van der Waals surface area contributed by atoms with Crippen molar-refractivity contribution in [2.75, 3.05) is 0 Å². The Morgan fingerprint density at radius 2 is 1.76 bits per heavy atom. The van der Waals surface area contributed by atoms with Crippen LogP contribution in [0, 0.1) is 19.8 Å². The quantitative estimate of drug-likeness (QED) is 0.590. The Morgan fingerprint density at radius 3 is 2.31 bits per heavy atom. The van der Waals surface area contributed by atoms with Crippen molar-refractivity contribution in [2.45, 2.75) is 66.3 Å². The normalized spacial score (nSPS) is 15.8. The zero-order valence-corrected chi connectivity index (χ0v) is 19.2. The zero-order chi connectivity index (χ0) is 21.5. The van der Waals surface area contributed by atoms with Gasteiger partial charge in [-0.1, -0.05) is 53.0 Å². The zero-order valence-electron chi connectivity index (χ0n) is 19.2. The van der Waals surface area contributed by atoms with Gasteiger partial charge in [-0.05, 0) is 61.6 Å². The Morgan fingerprint density at radius 1 is 1.10 bits per heavy atom. The van der Waals surface area contributed by atoms with E-state index in [4.69, 9.17) is 0 Å². The van der Waals surface area contributed by atoms with E-state index in [1.165, 1.54) is 44.3 Å². The number of aromatic nitrogens is 1. The van der Waals surface area contributed by atoms with Gasteiger partial charge in [0.15, 0.2) is 5.54 Å². The summed E-state index contributed by atoms with van der Waals surface area (Å²) in [5.74, 6) is 0.575. The highest BCUT2D eigenvalue weighted by atomic mass is 15.1. The van der Waals surface area contributed by atoms with Crippen LogP contribution in [0.3, 0.4) is 0 Å². The number of allylic oxidation sites excluding steroid dienone is 2. The lowest BCUT2D eigenvalue weighted by molar-refractivity contribution is -0.753. The fourth-order valence-corrected chi connectivity index (χ4v) is 5.26. The van der Waals surface area contributed by atoms with Crippen LogP contribution in [0.1, 0.15) is 63.6 Å². The predicted octanol–water partition coefficient (Wildman–Crippen LogP) is 5.59. The van der Waals surface area contributed by atoms with E-state index in [2.05, 4.69) is 90.1 Å². The molecule has 0 unspecified atom stereocenters. The molecule has 0 saturated heterocycles. The lowest BCUT2D eigenvalue weighted by Gasteiger charge is -2.36. The molecule has 0 atom stereocenters. The fourth-order valence-electron chi connectivity index (χ4n) is 5.26. The topological polar surface area (TPSA) is 3.88 Å². The molecule has 152 valence electrons. The summed E-state index contributed by atoms with van der Waals surface area (Å²) in [6.45, 7) is 26.8. The highest BCUT2D eigenvalue weighted by molar-refractivity contribution is 5.85. The highest BCUT2D eigenvalue weighted by Crippen LogP contribution is 2.44. The Kier molecular flexibility index (Phi) is 5.72. The maximum absolute atomic E-state index is 4.65. The second-order valence-electron chi connectivity index (χ2n) is 8.96. The monoisotopic (exact) mass is 386 g/mol. The molecule has 1 aromatic heterocycles. The number of aryl methyl sites for hydroxylation is 2. The maximum Gasteiger partial charge on any atom is 0.214 e. The second-order valence-corrected chi connectivity index (χ2v) is 8.96. The molecule has 2 aromatic rings. The molecule has 0 bridgehead atoms. The first-order chi connectivity index (χ1) is 13.7. The lowest BCUT2D eigenvalue weighted by atomic mass is 9.74. The van der Waals surface area contributed by atoms with Crippen molar-refractivity contribution < 1.29 is 4.57 Å². The molecule has 1 aromatic carbocycles. The highest BCUT2D eigenvalue weighted by Gasteiger charge is 2.47. The van der Waals surface area contributed by atoms with E-state index in [1.54, 1.807) is 0 Å². The third-order valence-electron chi connectivity index (χ3n) is 6.67. The minimum absolute atomic E-state index is 0.153. The van der Waals surface area contributed by atoms with Gasteiger partial charge < -0.3 is 0 Å². The number of fused-ring (bicyclic) bond motifs is 3. The van der Waals surface area contributed by atoms with Crippen molar-refractivity contribution in [3.63, 3.8) is 0 Å². The van der Waals surface area contributed by atoms with Gasteiger partial charge in [0, 0.05) is 35.3 Å². The van der Waals surface area contributed by atoms with Crippen LogP contribution < -0.4 is 15.1 Å². The number of pyridine rings is 1. The molecule has 1 heteroatoms. The van der Waals surface area contributed by atoms with Crippen molar-refractivity contribution in [2.24, 2.45) is 5.92 Å². The molecule has 29 heavy (non-hydrogen) atoms. The molecule has 1 aliphatic heterocycles. The largest absolute Gasteiger partial charge is 0.214 e. The van der Waals surface area contributed by atoms with E-state index in [0.29, 0.717) is 5.92 Å². The van der Waals surface area contributed by atoms with Gasteiger partial charge in [-0.3, -0.25) is 0 Å². The van der Waals surface area contributed by atoms with Crippen LogP contribution in [0.5, 0.6) is 0 Å². The van der Waals surface area contributed by atoms with Gasteiger partial charge in [0.25, 0.3) is 0 Å². The average molecular weight is 387 g/mol. The van der Waals surface area contributed by atoms with Crippen molar-refractivity contribution in [3.8, 4) is 11.3 Å². The molecule has 1 aliphatic rings. The average Bonchev–Trinajstić information content (AvgIpc) is 2.67. The van der Waals surface area contributed by atoms with Crippen molar-refractivity contribution in [3.05, 3.63) is 70.8 Å². The second kappa shape index (κ2) is 7.78. The Labute approximate surface area is 176 Å². The molecule has 0 fully saturated rings. The number of hydrogen-bond acceptors (Lipinski definition) is 0. The molecule has 0 saturated carbocycles. The third kappa shape index (κ3) is 3.21. The predicted molar refractivity (Wildman–Crippen MR) is 127 cm³/mol. The van der Waals surface area contributed by atoms with Crippen LogP contribution in [0.15, 0.2) is 43.5 Å². The van der Waals surface area contributed by atoms with Crippen LogP contribution in [-0.2, 0) is 5.54 Å². The van der Waals surface area contributed by atoms with E-state index >= 15 is 0 Å². The number of nitrogens with zero attached hydrogens (tertiary/aromatic N) is 1. The van der Waals surface area contributed by atoms with Crippen molar-refractivity contribution >= 4 is 17.7 Å². The summed E-state index contributed by atoms with van der Waals surface area (Å²) in [6.07, 6.45) is 5.00. The summed E-state index contributed by atoms with van der Waals surface area (Å²) >= 11 is 0. The van der Waals surface area contributed by atoms with E-state index in [-0.39, 0.29) is 5.54 Å². The molecular weight excluding hydrogens is 350 g/mol. The van der Waals surface area contributed by atoms with Crippen LogP contribution in [0.4, 0.5) is 0 Å². The lowest BCUT2D eigenvalue weighted by Crippen LogP contribution is -2.71. The standard InChI is InChI=1S/C28H36N/c1-10-23(15-18(4)5)24-13-14-26-25-17-19(6)16-20(7)27(25)21(8)28(11-2,12-3)29(26)22(24)9/h10,13-14,16-18H,1,8-9,11-12,15H2,2-7H3/q+1. The van der Waals surface area contributed by atoms with Gasteiger partial charge in [0.1, 0.15) is 0 Å². The molecule has 3 rings (SSSR count). The third-order valence-corrected chi connectivity index (χ3v) is 6.67. The van der Waals surface area contributed by atoms with Gasteiger partial charge in [-0.2, -0.15) is 4.57 Å². The summed E-state index contributed by atoms with van der Waals surface area (Å²) in [7, 11) is 0. The van der Waals surface area contributed by atoms with Crippen LogP contribution in [0.25, 0.3) is 29.0 Å². The number of hydrogen-bond donors (Lipinski definition) is 0. The van der Waals surface area contributed by atoms with E-state index in [9.17, 15) is 0 Å². The maximum atomic E-state index is 4.65. The number of rotatable bonds is 5. The van der Waals surface area contributed by atoms with Gasteiger partial charge in [0.2, 0.25) is 11.0 Å². The molecular formula is C28H36N+. The van der Waals surface area contributed by atoms with Gasteiger partial charge in [-0.25, -0.2) is 0 Å². The SMILES string of the molecule is C=CC(CC(C)C)=c1ccc2[n+](c1=C)C(CC)(CC)C(=C)c1c(C)cc(C)cc1-2. The Hall–Kier alpha value is -2.41. The Bertz CT molecular complexity index is 1090. The summed E-state index contributed by atoms with van der Waals surface area (Å²) in [5, 5.41) is 2.29. The smallest absolute Gasteiger partial charge is 0.182 e. The molecule has 0 spiro atoms. The molecule has 1 nitrogen and oxygen atoms in total. The molecule has 0 amide bonds. The Balaban J connectivity index is 2.52. The van der Waals surface area contributed by atoms with E-state index in [0.717, 1.165) is 24.6 Å². The molecule has 0 aliphatic carbocycles. The summed E-state index contributed by atoms with van der Waals surface area (Å²) in [5.41, 5.74) is 8.80. The summed E-state index contributed by atoms with van der Waals surface area (Å²) in [4.78, 5) is 0. The minimum Gasteiger partial charge on any atom is -0.182 e. The van der Waals surface area contributed by atoms with Crippen LogP contribution in [-0.4, -0.2) is 0 Å². The first-order valence-corrected chi connectivity index (χ1v) is 10.9. The molecule has 0 N–H and O–H groups in total. The molecule has 0 radical (unpaired) electrons. The van der Waals surface area contributed by atoms with Gasteiger partial charge >= 0.3 is 0 Å². The minimum atomic E-state index is -0.153. The van der Waals surface area contributed by atoms with E-state index in [1.807, 2.05) is 6.08 Å². The first-order valence-electron chi connectivity index (χ1n) is 10.9. The van der Waals surface area contributed by atoms with Crippen LogP contribution in [0.2, 0.25) is 0 Å². The number of benzene rings is 1. The van der Waals surface area contributed by atoms with Crippen molar-refractivity contribution in [1.82, 2.24) is 0 Å². The first kappa shape index (κ1) is 21.3. The van der Waals surface area contributed by atoms with Crippen LogP contribution >= 0.6 is 0 Å².